The topological polar surface area (TPSA) is 125 Å². The van der Waals surface area contributed by atoms with Crippen molar-refractivity contribution in [3.05, 3.63) is 18.2 Å². The van der Waals surface area contributed by atoms with Gasteiger partial charge in [0.2, 0.25) is 15.9 Å². The van der Waals surface area contributed by atoms with Crippen molar-refractivity contribution >= 4 is 21.6 Å². The van der Waals surface area contributed by atoms with Gasteiger partial charge in [0.1, 0.15) is 10.6 Å². The van der Waals surface area contributed by atoms with Crippen LogP contribution in [0.2, 0.25) is 0 Å². The Balaban J connectivity index is 2.82. The van der Waals surface area contributed by atoms with Gasteiger partial charge in [0, 0.05) is 18.7 Å². The molecule has 0 saturated carbocycles. The summed E-state index contributed by atoms with van der Waals surface area (Å²) in [6.07, 6.45) is 0.454. The quantitative estimate of drug-likeness (QED) is 0.474. The highest BCUT2D eigenvalue weighted by Gasteiger charge is 2.19. The van der Waals surface area contributed by atoms with Gasteiger partial charge in [-0.15, -0.1) is 0 Å². The normalized spacial score (nSPS) is 11.2. The number of nitrogen functional groups attached to an aromatic ring is 1. The van der Waals surface area contributed by atoms with E-state index < -0.39 is 15.9 Å². The maximum atomic E-state index is 12.0. The second-order valence-corrected chi connectivity index (χ2v) is 5.61. The summed E-state index contributed by atoms with van der Waals surface area (Å²) in [4.78, 5) is 10.5. The molecule has 0 aliphatic carbocycles. The van der Waals surface area contributed by atoms with Crippen molar-refractivity contribution in [2.45, 2.75) is 17.7 Å². The van der Waals surface area contributed by atoms with Crippen LogP contribution in [0, 0.1) is 0 Å². The van der Waals surface area contributed by atoms with Gasteiger partial charge in [-0.25, -0.2) is 13.1 Å². The zero-order chi connectivity index (χ0) is 14.5. The molecule has 0 aliphatic heterocycles. The third kappa shape index (κ3) is 4.42. The number of methoxy groups -OCH3 is 1. The molecule has 19 heavy (non-hydrogen) atoms. The van der Waals surface area contributed by atoms with Crippen LogP contribution in [-0.2, 0) is 14.8 Å². The van der Waals surface area contributed by atoms with Crippen LogP contribution in [0.25, 0.3) is 0 Å². The Labute approximate surface area is 112 Å². The van der Waals surface area contributed by atoms with Gasteiger partial charge < -0.3 is 16.2 Å². The fraction of sp³-hybridized carbons (Fsp3) is 0.364. The lowest BCUT2D eigenvalue weighted by Crippen LogP contribution is -2.26. The van der Waals surface area contributed by atoms with Crippen molar-refractivity contribution in [3.63, 3.8) is 0 Å². The minimum Gasteiger partial charge on any atom is -0.495 e. The molecule has 0 aromatic heterocycles. The summed E-state index contributed by atoms with van der Waals surface area (Å²) in [7, 11) is -2.36. The molecule has 1 aromatic rings. The fourth-order valence-corrected chi connectivity index (χ4v) is 2.73. The number of rotatable bonds is 7. The molecule has 0 fully saturated rings. The summed E-state index contributed by atoms with van der Waals surface area (Å²) in [6, 6.07) is 4.34. The van der Waals surface area contributed by atoms with Crippen LogP contribution in [0.5, 0.6) is 5.75 Å². The summed E-state index contributed by atoms with van der Waals surface area (Å²) < 4.78 is 31.4. The van der Waals surface area contributed by atoms with E-state index in [2.05, 4.69) is 4.72 Å². The Morgan fingerprint density at radius 2 is 2.11 bits per heavy atom. The number of primary amides is 1. The van der Waals surface area contributed by atoms with Gasteiger partial charge in [-0.1, -0.05) is 0 Å². The molecule has 8 heteroatoms. The Morgan fingerprint density at radius 1 is 1.42 bits per heavy atom. The number of ether oxygens (including phenoxy) is 1. The molecule has 0 atom stereocenters. The van der Waals surface area contributed by atoms with Crippen molar-refractivity contribution in [3.8, 4) is 5.75 Å². The maximum Gasteiger partial charge on any atom is 0.244 e. The van der Waals surface area contributed by atoms with Gasteiger partial charge in [0.25, 0.3) is 0 Å². The average molecular weight is 287 g/mol. The number of amides is 1. The van der Waals surface area contributed by atoms with E-state index in [0.29, 0.717) is 12.1 Å². The number of sulfonamides is 1. The highest BCUT2D eigenvalue weighted by atomic mass is 32.2. The Hall–Kier alpha value is -1.80. The number of benzene rings is 1. The Morgan fingerprint density at radius 3 is 2.68 bits per heavy atom. The standard InChI is InChI=1S/C11H17N3O4S/c1-18-9-5-4-8(12)7-10(9)19(16,17)14-6-2-3-11(13)15/h4-5,7,14H,2-3,6,12H2,1H3,(H2,13,15). The predicted octanol–water partition coefficient (Wildman–Crippen LogP) is -0.179. The van der Waals surface area contributed by atoms with E-state index in [1.807, 2.05) is 0 Å². The van der Waals surface area contributed by atoms with Crippen LogP contribution in [0.4, 0.5) is 5.69 Å². The molecular weight excluding hydrogens is 270 g/mol. The predicted molar refractivity (Wildman–Crippen MR) is 71.0 cm³/mol. The molecule has 0 radical (unpaired) electrons. The molecule has 0 bridgehead atoms. The molecule has 1 aromatic carbocycles. The first-order valence-corrected chi connectivity index (χ1v) is 7.06. The van der Waals surface area contributed by atoms with E-state index in [-0.39, 0.29) is 23.6 Å². The van der Waals surface area contributed by atoms with E-state index in [1.54, 1.807) is 6.07 Å². The molecule has 106 valence electrons. The van der Waals surface area contributed by atoms with Gasteiger partial charge in [-0.2, -0.15) is 0 Å². The van der Waals surface area contributed by atoms with Gasteiger partial charge in [0.05, 0.1) is 7.11 Å². The summed E-state index contributed by atoms with van der Waals surface area (Å²) in [5.41, 5.74) is 10.8. The molecule has 0 heterocycles. The van der Waals surface area contributed by atoms with Crippen LogP contribution < -0.4 is 20.9 Å². The van der Waals surface area contributed by atoms with E-state index in [4.69, 9.17) is 16.2 Å². The Kier molecular flexibility index (Phi) is 5.13. The van der Waals surface area contributed by atoms with Crippen LogP contribution in [0.1, 0.15) is 12.8 Å². The lowest BCUT2D eigenvalue weighted by atomic mass is 10.3. The first kappa shape index (κ1) is 15.3. The van der Waals surface area contributed by atoms with Crippen molar-refractivity contribution in [1.82, 2.24) is 4.72 Å². The van der Waals surface area contributed by atoms with Gasteiger partial charge >= 0.3 is 0 Å². The minimum absolute atomic E-state index is 0.0333. The van der Waals surface area contributed by atoms with Crippen molar-refractivity contribution < 1.29 is 17.9 Å². The van der Waals surface area contributed by atoms with E-state index in [0.717, 1.165) is 0 Å². The molecule has 5 N–H and O–H groups in total. The number of anilines is 1. The lowest BCUT2D eigenvalue weighted by Gasteiger charge is -2.11. The maximum absolute atomic E-state index is 12.0. The number of carbonyl (C=O) groups is 1. The van der Waals surface area contributed by atoms with Gasteiger partial charge in [-0.3, -0.25) is 4.79 Å². The van der Waals surface area contributed by atoms with Crippen LogP contribution in [-0.4, -0.2) is 28.0 Å². The second kappa shape index (κ2) is 6.39. The molecule has 0 unspecified atom stereocenters. The smallest absolute Gasteiger partial charge is 0.244 e. The largest absolute Gasteiger partial charge is 0.495 e. The number of hydrogen-bond donors (Lipinski definition) is 3. The van der Waals surface area contributed by atoms with Crippen LogP contribution in [0.3, 0.4) is 0 Å². The Bertz CT molecular complexity index is 557. The number of nitrogens with two attached hydrogens (primary N) is 2. The minimum atomic E-state index is -3.73. The monoisotopic (exact) mass is 287 g/mol. The fourth-order valence-electron chi connectivity index (χ4n) is 1.45. The van der Waals surface area contributed by atoms with E-state index >= 15 is 0 Å². The molecule has 1 rings (SSSR count). The summed E-state index contributed by atoms with van der Waals surface area (Å²) in [5, 5.41) is 0. The number of nitrogens with one attached hydrogen (secondary N) is 1. The molecule has 7 nitrogen and oxygen atoms in total. The summed E-state index contributed by atoms with van der Waals surface area (Å²) >= 11 is 0. The first-order chi connectivity index (χ1) is 8.86. The van der Waals surface area contributed by atoms with Gasteiger partial charge in [-0.05, 0) is 24.6 Å². The molecule has 0 spiro atoms. The van der Waals surface area contributed by atoms with E-state index in [1.165, 1.54) is 19.2 Å². The lowest BCUT2D eigenvalue weighted by molar-refractivity contribution is -0.118. The molecule has 0 saturated heterocycles. The third-order valence-corrected chi connectivity index (χ3v) is 3.85. The zero-order valence-corrected chi connectivity index (χ0v) is 11.4. The highest BCUT2D eigenvalue weighted by Crippen LogP contribution is 2.25. The van der Waals surface area contributed by atoms with Gasteiger partial charge in [0.15, 0.2) is 0 Å². The number of carbonyl (C=O) groups excluding carboxylic acids is 1. The van der Waals surface area contributed by atoms with Crippen LogP contribution >= 0.6 is 0 Å². The van der Waals surface area contributed by atoms with Crippen LogP contribution in [0.15, 0.2) is 23.1 Å². The molecular formula is C11H17N3O4S. The summed E-state index contributed by atoms with van der Waals surface area (Å²) in [6.45, 7) is 0.114. The SMILES string of the molecule is COc1ccc(N)cc1S(=O)(=O)NCCCC(N)=O. The summed E-state index contributed by atoms with van der Waals surface area (Å²) in [5.74, 6) is -0.266. The highest BCUT2D eigenvalue weighted by molar-refractivity contribution is 7.89. The average Bonchev–Trinajstić information content (AvgIpc) is 2.34. The first-order valence-electron chi connectivity index (χ1n) is 5.58. The number of hydrogen-bond acceptors (Lipinski definition) is 5. The van der Waals surface area contributed by atoms with Crippen molar-refractivity contribution in [1.29, 1.82) is 0 Å². The third-order valence-electron chi connectivity index (χ3n) is 2.37. The molecule has 1 amide bonds. The van der Waals surface area contributed by atoms with Crippen molar-refractivity contribution in [2.75, 3.05) is 19.4 Å². The van der Waals surface area contributed by atoms with Crippen molar-refractivity contribution in [2.24, 2.45) is 5.73 Å². The second-order valence-electron chi connectivity index (χ2n) is 3.88. The zero-order valence-electron chi connectivity index (χ0n) is 10.5. The van der Waals surface area contributed by atoms with E-state index in [9.17, 15) is 13.2 Å². The molecule has 0 aliphatic rings.